The number of carbonyl (C=O) groups excluding carboxylic acids is 10. The summed E-state index contributed by atoms with van der Waals surface area (Å²) in [5.74, 6) is 2.09. The molecule has 5 aromatic rings. The first-order chi connectivity index (χ1) is 43.5. The number of piperidine rings is 1. The number of para-hydroxylation sites is 1. The van der Waals surface area contributed by atoms with Crippen LogP contribution in [0, 0.1) is 11.8 Å². The van der Waals surface area contributed by atoms with Crippen molar-refractivity contribution < 1.29 is 57.4 Å². The van der Waals surface area contributed by atoms with Gasteiger partial charge in [-0.2, -0.15) is 4.98 Å². The Bertz CT molecular complexity index is 3570. The van der Waals surface area contributed by atoms with E-state index in [1.165, 1.54) is 16.0 Å². The van der Waals surface area contributed by atoms with E-state index < -0.39 is 73.6 Å². The van der Waals surface area contributed by atoms with Crippen molar-refractivity contribution in [3.05, 3.63) is 136 Å². The van der Waals surface area contributed by atoms with E-state index in [1.54, 1.807) is 77.7 Å². The molecule has 0 spiro atoms. The lowest BCUT2D eigenvalue weighted by molar-refractivity contribution is -0.152. The largest absolute Gasteiger partial charge is 0.426 e. The molecule has 2 unspecified atom stereocenters. The maximum absolute atomic E-state index is 13.9. The molecule has 470 valence electrons. The number of nitrogens with one attached hydrogen (secondary N) is 7. The molecule has 27 nitrogen and oxygen atoms in total. The number of rotatable bonds is 22. The second-order valence-electron chi connectivity index (χ2n) is 21.6. The summed E-state index contributed by atoms with van der Waals surface area (Å²) in [6.45, 7) is 0.231. The SMILES string of the molecule is NCC(=O)NCC(=O)NC(Cc1ccccc1)C(=O)NCC(=O)OCOC(=O)N(CCC#Cc1ccc2c(c1)CN(C1CCC(=O)NC1=O)C2=O)C1CCC(NC(=O)N2CCN(c3ccc(Nc4ncc(Cl)c(Nc5ccccc5C(N)=O)n4)cc3)CC2)CC1. The van der Waals surface area contributed by atoms with E-state index >= 15 is 0 Å². The summed E-state index contributed by atoms with van der Waals surface area (Å²) in [6.07, 6.45) is 3.35. The van der Waals surface area contributed by atoms with E-state index in [4.69, 9.17) is 32.5 Å². The molecule has 2 saturated heterocycles. The number of urea groups is 1. The Kier molecular flexibility index (Phi) is 21.8. The van der Waals surface area contributed by atoms with E-state index in [0.717, 1.165) is 5.69 Å². The molecule has 2 atom stereocenters. The molecule has 10 amide bonds. The average Bonchev–Trinajstić information content (AvgIpc) is 1.87. The first-order valence-electron chi connectivity index (χ1n) is 29.3. The molecule has 1 saturated carbocycles. The summed E-state index contributed by atoms with van der Waals surface area (Å²) in [7, 11) is 0. The number of carbonyl (C=O) groups is 10. The normalized spacial score (nSPS) is 17.2. The van der Waals surface area contributed by atoms with Crippen LogP contribution in [0.25, 0.3) is 0 Å². The van der Waals surface area contributed by atoms with Gasteiger partial charge < -0.3 is 72.4 Å². The first-order valence-corrected chi connectivity index (χ1v) is 29.7. The number of fused-ring (bicyclic) bond motifs is 1. The predicted octanol–water partition coefficient (Wildman–Crippen LogP) is 2.92. The lowest BCUT2D eigenvalue weighted by Crippen LogP contribution is -2.54. The fraction of sp³-hybridized carbons (Fsp3) is 0.355. The Morgan fingerprint density at radius 3 is 2.30 bits per heavy atom. The maximum atomic E-state index is 13.9. The van der Waals surface area contributed by atoms with Gasteiger partial charge in [-0.3, -0.25) is 43.7 Å². The molecule has 4 aromatic carbocycles. The van der Waals surface area contributed by atoms with Crippen molar-refractivity contribution in [3.63, 3.8) is 0 Å². The van der Waals surface area contributed by atoms with Crippen molar-refractivity contribution in [2.45, 2.75) is 82.1 Å². The van der Waals surface area contributed by atoms with E-state index in [0.29, 0.717) is 85.5 Å². The van der Waals surface area contributed by atoms with Gasteiger partial charge in [-0.25, -0.2) is 14.6 Å². The first kappa shape index (κ1) is 64.2. The predicted molar refractivity (Wildman–Crippen MR) is 329 cm³/mol. The summed E-state index contributed by atoms with van der Waals surface area (Å²) in [5, 5.41) is 19.3. The monoisotopic (exact) mass is 1250 g/mol. The highest BCUT2D eigenvalue weighted by molar-refractivity contribution is 6.33. The lowest BCUT2D eigenvalue weighted by atomic mass is 9.90. The number of halogens is 1. The number of nitrogens with zero attached hydrogens (tertiary/aromatic N) is 6. The molecular formula is C62H68ClN15O12. The molecule has 4 heterocycles. The molecule has 28 heteroatoms. The third kappa shape index (κ3) is 17.3. The Labute approximate surface area is 522 Å². The lowest BCUT2D eigenvalue weighted by Gasteiger charge is -2.39. The van der Waals surface area contributed by atoms with Crippen LogP contribution in [0.4, 0.5) is 38.4 Å². The van der Waals surface area contributed by atoms with Crippen molar-refractivity contribution in [3.8, 4) is 11.8 Å². The number of anilines is 5. The van der Waals surface area contributed by atoms with Gasteiger partial charge >= 0.3 is 18.1 Å². The van der Waals surface area contributed by atoms with E-state index in [-0.39, 0.29) is 97.6 Å². The van der Waals surface area contributed by atoms with Crippen LogP contribution >= 0.6 is 11.6 Å². The van der Waals surface area contributed by atoms with Crippen molar-refractivity contribution in [1.82, 2.24) is 51.3 Å². The summed E-state index contributed by atoms with van der Waals surface area (Å²) in [5.41, 5.74) is 15.7. The van der Waals surface area contributed by atoms with Gasteiger partial charge in [0.2, 0.25) is 42.3 Å². The Hall–Kier alpha value is -10.3. The second kappa shape index (κ2) is 30.5. The van der Waals surface area contributed by atoms with Crippen LogP contribution in [-0.2, 0) is 51.2 Å². The van der Waals surface area contributed by atoms with E-state index in [2.05, 4.69) is 63.9 Å². The fourth-order valence-corrected chi connectivity index (χ4v) is 11.0. The molecular weight excluding hydrogens is 1180 g/mol. The number of imide groups is 1. The Morgan fingerprint density at radius 1 is 0.822 bits per heavy atom. The quantitative estimate of drug-likeness (QED) is 0.0208. The zero-order valence-corrected chi connectivity index (χ0v) is 49.7. The number of ether oxygens (including phenoxy) is 2. The van der Waals surface area contributed by atoms with Crippen molar-refractivity contribution in [2.75, 3.05) is 74.7 Å². The van der Waals surface area contributed by atoms with Crippen LogP contribution in [0.3, 0.4) is 0 Å². The number of amides is 10. The number of primary amides is 1. The van der Waals surface area contributed by atoms with Crippen molar-refractivity contribution in [2.24, 2.45) is 11.5 Å². The standard InChI is InChI=1S/C62H68ClN15O12/c63-47-33-68-60(74-56(47)72-48-12-5-4-11-46(48)55(65)83)69-41-14-18-43(19-15-41)75-26-28-76(29-27-75)61(87)70-42-16-20-44(21-17-42)77(25-7-6-10-39-13-22-45-40(30-39)36-78(59(45)86)50-23-24-51(79)73-58(50)85)62(88)90-37-89-54(82)35-67-57(84)49(31-38-8-2-1-3-9-38)71-53(81)34-66-52(80)32-64/h1-5,8-9,11-15,18-19,22,30,33,42,44,49-50H,7,16-17,20-21,23-29,31-32,34-37,64H2,(H2,65,83)(H,66,80)(H,67,84)(H,70,87)(H,71,81)(H,73,79,85)(H2,68,69,72,74). The van der Waals surface area contributed by atoms with Gasteiger partial charge in [0.1, 0.15) is 23.7 Å². The zero-order chi connectivity index (χ0) is 63.7. The number of esters is 1. The number of hydrogen-bond acceptors (Lipinski definition) is 18. The smallest absolute Gasteiger partial charge is 0.412 e. The number of piperazine rings is 1. The van der Waals surface area contributed by atoms with Crippen molar-refractivity contribution in [1.29, 1.82) is 0 Å². The summed E-state index contributed by atoms with van der Waals surface area (Å²) in [6, 6.07) is 25.8. The highest BCUT2D eigenvalue weighted by atomic mass is 35.5. The number of nitrogens with two attached hydrogens (primary N) is 2. The molecule has 3 aliphatic heterocycles. The summed E-state index contributed by atoms with van der Waals surface area (Å²) in [4.78, 5) is 143. The Morgan fingerprint density at radius 2 is 1.57 bits per heavy atom. The van der Waals surface area contributed by atoms with Crippen LogP contribution in [0.5, 0.6) is 0 Å². The van der Waals surface area contributed by atoms with E-state index in [9.17, 15) is 47.9 Å². The van der Waals surface area contributed by atoms with E-state index in [1.807, 2.05) is 24.3 Å². The van der Waals surface area contributed by atoms with Crippen LogP contribution in [0.15, 0.2) is 103 Å². The number of aromatic nitrogens is 2. The maximum Gasteiger partial charge on any atom is 0.412 e. The second-order valence-corrected chi connectivity index (χ2v) is 22.0. The summed E-state index contributed by atoms with van der Waals surface area (Å²) >= 11 is 6.39. The molecule has 3 fully saturated rings. The van der Waals surface area contributed by atoms with Gasteiger partial charge in [0, 0.05) is 93.1 Å². The minimum atomic E-state index is -1.14. The van der Waals surface area contributed by atoms with Gasteiger partial charge in [-0.15, -0.1) is 0 Å². The van der Waals surface area contributed by atoms with Crippen LogP contribution in [-0.4, -0.2) is 167 Å². The molecule has 0 bridgehead atoms. The number of hydrogen-bond donors (Lipinski definition) is 9. The zero-order valence-electron chi connectivity index (χ0n) is 49.0. The third-order valence-electron chi connectivity index (χ3n) is 15.6. The molecule has 90 heavy (non-hydrogen) atoms. The molecule has 1 aliphatic carbocycles. The van der Waals surface area contributed by atoms with Crippen LogP contribution < -0.4 is 53.6 Å². The minimum absolute atomic E-state index is 0.0608. The molecule has 11 N–H and O–H groups in total. The Balaban J connectivity index is 0.763. The van der Waals surface area contributed by atoms with Crippen molar-refractivity contribution >= 4 is 99.9 Å². The third-order valence-corrected chi connectivity index (χ3v) is 15.8. The summed E-state index contributed by atoms with van der Waals surface area (Å²) < 4.78 is 10.7. The van der Waals surface area contributed by atoms with Gasteiger partial charge in [-0.05, 0) is 97.8 Å². The fourth-order valence-electron chi connectivity index (χ4n) is 10.8. The minimum Gasteiger partial charge on any atom is -0.426 e. The van der Waals surface area contributed by atoms with Crippen LogP contribution in [0.2, 0.25) is 5.02 Å². The number of benzene rings is 4. The molecule has 9 rings (SSSR count). The molecule has 1 aromatic heterocycles. The highest BCUT2D eigenvalue weighted by Gasteiger charge is 2.39. The topological polar surface area (TPSA) is 364 Å². The van der Waals surface area contributed by atoms with Gasteiger partial charge in [-0.1, -0.05) is 65.9 Å². The van der Waals surface area contributed by atoms with Gasteiger partial charge in [0.25, 0.3) is 11.8 Å². The van der Waals surface area contributed by atoms with Gasteiger partial charge in [0.15, 0.2) is 5.82 Å². The van der Waals surface area contributed by atoms with Crippen LogP contribution in [0.1, 0.15) is 82.4 Å². The van der Waals surface area contributed by atoms with Gasteiger partial charge in [0.05, 0.1) is 30.5 Å². The average molecular weight is 1250 g/mol. The highest BCUT2D eigenvalue weighted by Crippen LogP contribution is 2.31. The molecule has 4 aliphatic rings. The molecule has 0 radical (unpaired) electrons.